The van der Waals surface area contributed by atoms with Gasteiger partial charge in [-0.3, -0.25) is 0 Å². The minimum atomic E-state index is -0.0875. The molecule has 1 nitrogen and oxygen atoms in total. The summed E-state index contributed by atoms with van der Waals surface area (Å²) in [7, 11) is 0. The lowest BCUT2D eigenvalue weighted by atomic mass is 9.45. The average molecular weight is 168 g/mol. The molecule has 1 N–H and O–H groups in total. The van der Waals surface area contributed by atoms with Gasteiger partial charge in [0, 0.05) is 0 Å². The number of rotatable bonds is 1. The second-order valence-corrected chi connectivity index (χ2v) is 5.34. The second kappa shape index (κ2) is 2.47. The van der Waals surface area contributed by atoms with Crippen LogP contribution in [-0.4, -0.2) is 11.2 Å². The Morgan fingerprint density at radius 1 is 1.33 bits per heavy atom. The zero-order chi connectivity index (χ0) is 8.93. The van der Waals surface area contributed by atoms with Gasteiger partial charge in [-0.05, 0) is 49.4 Å². The van der Waals surface area contributed by atoms with Crippen LogP contribution in [0.5, 0.6) is 0 Å². The number of aliphatic hydroxyl groups is 1. The Kier molecular flexibility index (Phi) is 1.76. The number of fused-ring (bicyclic) bond motifs is 2. The monoisotopic (exact) mass is 168 g/mol. The molecule has 3 saturated carbocycles. The Bertz CT molecular complexity index is 179. The van der Waals surface area contributed by atoms with Gasteiger partial charge in [0.25, 0.3) is 0 Å². The summed E-state index contributed by atoms with van der Waals surface area (Å²) in [6, 6.07) is 0. The van der Waals surface area contributed by atoms with E-state index in [4.69, 9.17) is 0 Å². The van der Waals surface area contributed by atoms with E-state index < -0.39 is 0 Å². The lowest BCUT2D eigenvalue weighted by molar-refractivity contribution is -0.133. The van der Waals surface area contributed by atoms with Crippen LogP contribution in [0, 0.1) is 23.2 Å². The Balaban J connectivity index is 2.11. The molecular weight excluding hydrogens is 148 g/mol. The summed E-state index contributed by atoms with van der Waals surface area (Å²) in [5.41, 5.74) is 0.528. The van der Waals surface area contributed by atoms with Crippen molar-refractivity contribution in [1.82, 2.24) is 0 Å². The van der Waals surface area contributed by atoms with E-state index in [0.29, 0.717) is 11.3 Å². The van der Waals surface area contributed by atoms with E-state index in [9.17, 15) is 5.11 Å². The standard InChI is InChI=1S/C11H20O/c1-7(12)9-5-4-8-6-10(9)11(8,2)3/h7-10,12H,4-6H2,1-3H3/t7?,8-,9+,10-/m0/s1. The molecule has 3 aliphatic rings. The molecule has 0 amide bonds. The molecule has 70 valence electrons. The Labute approximate surface area is 75.2 Å². The van der Waals surface area contributed by atoms with Gasteiger partial charge in [-0.2, -0.15) is 0 Å². The highest BCUT2D eigenvalue weighted by Gasteiger charge is 2.54. The molecule has 3 fully saturated rings. The summed E-state index contributed by atoms with van der Waals surface area (Å²) in [6.45, 7) is 6.71. The molecule has 2 bridgehead atoms. The van der Waals surface area contributed by atoms with Crippen LogP contribution in [0.25, 0.3) is 0 Å². The lowest BCUT2D eigenvalue weighted by Gasteiger charge is -2.60. The molecule has 12 heavy (non-hydrogen) atoms. The molecule has 3 rings (SSSR count). The molecule has 1 unspecified atom stereocenters. The summed E-state index contributed by atoms with van der Waals surface area (Å²) in [5, 5.41) is 9.60. The van der Waals surface area contributed by atoms with E-state index in [-0.39, 0.29) is 6.10 Å². The number of aliphatic hydroxyl groups excluding tert-OH is 1. The first-order chi connectivity index (χ1) is 5.53. The first-order valence-corrected chi connectivity index (χ1v) is 5.21. The van der Waals surface area contributed by atoms with Gasteiger partial charge < -0.3 is 5.11 Å². The maximum Gasteiger partial charge on any atom is 0.0543 e. The van der Waals surface area contributed by atoms with Crippen molar-refractivity contribution < 1.29 is 5.11 Å². The number of hydrogen-bond donors (Lipinski definition) is 1. The molecule has 0 aromatic heterocycles. The molecule has 4 atom stereocenters. The topological polar surface area (TPSA) is 20.2 Å². The van der Waals surface area contributed by atoms with Crippen molar-refractivity contribution in [3.63, 3.8) is 0 Å². The Morgan fingerprint density at radius 2 is 2.00 bits per heavy atom. The van der Waals surface area contributed by atoms with Crippen molar-refractivity contribution in [2.75, 3.05) is 0 Å². The average Bonchev–Trinajstić information content (AvgIpc) is 2.04. The summed E-state index contributed by atoms with van der Waals surface area (Å²) >= 11 is 0. The summed E-state index contributed by atoms with van der Waals surface area (Å²) in [4.78, 5) is 0. The Hall–Kier alpha value is -0.0400. The fourth-order valence-electron chi connectivity index (χ4n) is 3.44. The van der Waals surface area contributed by atoms with Gasteiger partial charge in [0.05, 0.1) is 6.10 Å². The minimum absolute atomic E-state index is 0.0875. The van der Waals surface area contributed by atoms with Crippen LogP contribution in [-0.2, 0) is 0 Å². The summed E-state index contributed by atoms with van der Waals surface area (Å²) in [5.74, 6) is 2.35. The zero-order valence-corrected chi connectivity index (χ0v) is 8.38. The van der Waals surface area contributed by atoms with Gasteiger partial charge in [-0.25, -0.2) is 0 Å². The fourth-order valence-corrected chi connectivity index (χ4v) is 3.44. The van der Waals surface area contributed by atoms with Crippen LogP contribution >= 0.6 is 0 Å². The SMILES string of the molecule is CC(O)[C@H]1CC[C@H]2C[C@@H]1C2(C)C. The van der Waals surface area contributed by atoms with E-state index in [0.717, 1.165) is 11.8 Å². The third-order valence-electron chi connectivity index (χ3n) is 4.53. The van der Waals surface area contributed by atoms with Crippen molar-refractivity contribution in [3.05, 3.63) is 0 Å². The van der Waals surface area contributed by atoms with Gasteiger partial charge in [-0.1, -0.05) is 13.8 Å². The van der Waals surface area contributed by atoms with Crippen LogP contribution < -0.4 is 0 Å². The van der Waals surface area contributed by atoms with Gasteiger partial charge in [-0.15, -0.1) is 0 Å². The third kappa shape index (κ3) is 0.953. The zero-order valence-electron chi connectivity index (χ0n) is 8.38. The molecule has 3 aliphatic carbocycles. The molecule has 0 aromatic rings. The highest BCUT2D eigenvalue weighted by atomic mass is 16.3. The fraction of sp³-hybridized carbons (Fsp3) is 1.00. The van der Waals surface area contributed by atoms with Gasteiger partial charge >= 0.3 is 0 Å². The van der Waals surface area contributed by atoms with E-state index in [1.54, 1.807) is 0 Å². The van der Waals surface area contributed by atoms with E-state index in [1.165, 1.54) is 19.3 Å². The molecule has 0 aromatic carbocycles. The van der Waals surface area contributed by atoms with Crippen LogP contribution in [0.1, 0.15) is 40.0 Å². The predicted octanol–water partition coefficient (Wildman–Crippen LogP) is 2.44. The first-order valence-electron chi connectivity index (χ1n) is 5.21. The first kappa shape index (κ1) is 8.55. The molecule has 0 saturated heterocycles. The Morgan fingerprint density at radius 3 is 2.33 bits per heavy atom. The van der Waals surface area contributed by atoms with Crippen LogP contribution in [0.2, 0.25) is 0 Å². The third-order valence-corrected chi connectivity index (χ3v) is 4.53. The van der Waals surface area contributed by atoms with E-state index in [2.05, 4.69) is 13.8 Å². The molecule has 0 spiro atoms. The van der Waals surface area contributed by atoms with Crippen molar-refractivity contribution in [1.29, 1.82) is 0 Å². The molecule has 1 heteroatoms. The quantitative estimate of drug-likeness (QED) is 0.637. The lowest BCUT2D eigenvalue weighted by Crippen LogP contribution is -2.54. The maximum atomic E-state index is 9.60. The summed E-state index contributed by atoms with van der Waals surface area (Å²) in [6.07, 6.45) is 3.90. The highest BCUT2D eigenvalue weighted by molar-refractivity contribution is 5.04. The second-order valence-electron chi connectivity index (χ2n) is 5.34. The molecular formula is C11H20O. The van der Waals surface area contributed by atoms with Gasteiger partial charge in [0.1, 0.15) is 0 Å². The predicted molar refractivity (Wildman–Crippen MR) is 49.8 cm³/mol. The van der Waals surface area contributed by atoms with Crippen molar-refractivity contribution in [2.45, 2.75) is 46.1 Å². The van der Waals surface area contributed by atoms with Crippen molar-refractivity contribution in [3.8, 4) is 0 Å². The summed E-state index contributed by atoms with van der Waals surface area (Å²) < 4.78 is 0. The minimum Gasteiger partial charge on any atom is -0.393 e. The number of hydrogen-bond acceptors (Lipinski definition) is 1. The molecule has 0 radical (unpaired) electrons. The highest BCUT2D eigenvalue weighted by Crippen LogP contribution is 2.61. The van der Waals surface area contributed by atoms with E-state index in [1.807, 2.05) is 6.92 Å². The van der Waals surface area contributed by atoms with Crippen LogP contribution in [0.3, 0.4) is 0 Å². The van der Waals surface area contributed by atoms with Crippen LogP contribution in [0.4, 0.5) is 0 Å². The van der Waals surface area contributed by atoms with Crippen LogP contribution in [0.15, 0.2) is 0 Å². The molecule has 0 aliphatic heterocycles. The maximum absolute atomic E-state index is 9.60. The smallest absolute Gasteiger partial charge is 0.0543 e. The van der Waals surface area contributed by atoms with Gasteiger partial charge in [0.15, 0.2) is 0 Å². The van der Waals surface area contributed by atoms with Crippen molar-refractivity contribution >= 4 is 0 Å². The largest absolute Gasteiger partial charge is 0.393 e. The normalized spacial score (nSPS) is 46.5. The molecule has 0 heterocycles. The van der Waals surface area contributed by atoms with E-state index >= 15 is 0 Å². The van der Waals surface area contributed by atoms with Gasteiger partial charge in [0.2, 0.25) is 0 Å². The van der Waals surface area contributed by atoms with Crippen molar-refractivity contribution in [2.24, 2.45) is 23.2 Å².